The van der Waals surface area contributed by atoms with E-state index in [-0.39, 0.29) is 81.2 Å². The SMILES string of the molecule is CCCCOC(=O)N1CCN(C(=O)[C@H](CP(=O)(N[C@@H](C)C(=O)OCC)N[C@@H](C)C(=O)OCC)NC(=O)c2cc(N3C[C@@H]4[C@H](C3)[C@H]4C(=O)OCC)nc(-c3ccccc3)n2)CC1. The van der Waals surface area contributed by atoms with Crippen LogP contribution in [-0.4, -0.2) is 146 Å². The first kappa shape index (κ1) is 46.9. The molecule has 1 aliphatic carbocycles. The molecule has 3 N–H and O–H groups in total. The molecular formula is C41H59N8O11P. The van der Waals surface area contributed by atoms with Gasteiger partial charge in [-0.1, -0.05) is 43.7 Å². The number of piperazine rings is 1. The number of carbonyl (C=O) groups excluding carboxylic acids is 6. The second-order valence-electron chi connectivity index (χ2n) is 15.2. The van der Waals surface area contributed by atoms with Crippen molar-refractivity contribution in [3.63, 3.8) is 0 Å². The highest BCUT2D eigenvalue weighted by Gasteiger charge is 2.60. The Bertz CT molecular complexity index is 1890. The van der Waals surface area contributed by atoms with Crippen LogP contribution in [0.1, 0.15) is 64.9 Å². The molecule has 3 amide bonds. The van der Waals surface area contributed by atoms with Crippen LogP contribution in [0, 0.1) is 17.8 Å². The first-order valence-corrected chi connectivity index (χ1v) is 23.0. The van der Waals surface area contributed by atoms with Crippen LogP contribution in [0.5, 0.6) is 0 Å². The zero-order valence-corrected chi connectivity index (χ0v) is 36.7. The second kappa shape index (κ2) is 21.6. The lowest BCUT2D eigenvalue weighted by Crippen LogP contribution is -2.57. The summed E-state index contributed by atoms with van der Waals surface area (Å²) in [5.74, 6) is -2.41. The minimum Gasteiger partial charge on any atom is -0.466 e. The van der Waals surface area contributed by atoms with Crippen molar-refractivity contribution in [2.75, 3.05) is 76.8 Å². The van der Waals surface area contributed by atoms with Crippen molar-refractivity contribution < 1.29 is 52.3 Å². The summed E-state index contributed by atoms with van der Waals surface area (Å²) in [6.07, 6.45) is 0.476. The number of rotatable bonds is 20. The van der Waals surface area contributed by atoms with E-state index in [1.54, 1.807) is 32.9 Å². The van der Waals surface area contributed by atoms with Gasteiger partial charge in [-0.05, 0) is 52.9 Å². The molecule has 3 aliphatic rings. The number of anilines is 1. The fourth-order valence-electron chi connectivity index (χ4n) is 7.54. The van der Waals surface area contributed by atoms with E-state index in [0.717, 1.165) is 6.42 Å². The Balaban J connectivity index is 1.46. The van der Waals surface area contributed by atoms with Crippen molar-refractivity contribution in [1.29, 1.82) is 0 Å². The Hall–Kier alpha value is -5.13. The van der Waals surface area contributed by atoms with E-state index in [9.17, 15) is 33.3 Å². The maximum Gasteiger partial charge on any atom is 0.409 e. The van der Waals surface area contributed by atoms with Gasteiger partial charge in [0.05, 0.1) is 38.5 Å². The molecule has 0 unspecified atom stereocenters. The highest BCUT2D eigenvalue weighted by Crippen LogP contribution is 2.53. The monoisotopic (exact) mass is 870 g/mol. The van der Waals surface area contributed by atoms with Gasteiger partial charge in [-0.2, -0.15) is 0 Å². The molecule has 19 nitrogen and oxygen atoms in total. The number of aromatic nitrogens is 2. The topological polar surface area (TPSA) is 228 Å². The van der Waals surface area contributed by atoms with Crippen molar-refractivity contribution in [3.05, 3.63) is 42.1 Å². The molecule has 0 spiro atoms. The van der Waals surface area contributed by atoms with E-state index in [1.165, 1.54) is 29.7 Å². The van der Waals surface area contributed by atoms with E-state index in [4.69, 9.17) is 23.9 Å². The number of carbonyl (C=O) groups is 6. The van der Waals surface area contributed by atoms with Crippen molar-refractivity contribution in [2.45, 2.75) is 72.5 Å². The van der Waals surface area contributed by atoms with Crippen LogP contribution in [0.25, 0.3) is 11.4 Å². The summed E-state index contributed by atoms with van der Waals surface area (Å²) in [4.78, 5) is 94.1. The molecule has 3 fully saturated rings. The molecule has 2 aromatic rings. The molecule has 3 heterocycles. The molecule has 0 radical (unpaired) electrons. The highest BCUT2D eigenvalue weighted by atomic mass is 31.2. The van der Waals surface area contributed by atoms with Gasteiger partial charge >= 0.3 is 24.0 Å². The summed E-state index contributed by atoms with van der Waals surface area (Å²) >= 11 is 0. The minimum atomic E-state index is -4.17. The predicted octanol–water partition coefficient (Wildman–Crippen LogP) is 2.84. The maximum absolute atomic E-state index is 15.0. The van der Waals surface area contributed by atoms with Gasteiger partial charge in [-0.15, -0.1) is 0 Å². The molecule has 61 heavy (non-hydrogen) atoms. The van der Waals surface area contributed by atoms with Crippen LogP contribution in [0.15, 0.2) is 36.4 Å². The lowest BCUT2D eigenvalue weighted by atomic mass is 10.2. The number of hydrogen-bond donors (Lipinski definition) is 3. The van der Waals surface area contributed by atoms with Gasteiger partial charge in [0.15, 0.2) is 5.82 Å². The first-order chi connectivity index (χ1) is 29.2. The quantitative estimate of drug-likeness (QED) is 0.0752. The average molecular weight is 871 g/mol. The van der Waals surface area contributed by atoms with E-state index in [2.05, 4.69) is 20.5 Å². The van der Waals surface area contributed by atoms with Crippen LogP contribution < -0.4 is 20.4 Å². The largest absolute Gasteiger partial charge is 0.466 e. The van der Waals surface area contributed by atoms with Gasteiger partial charge in [0.1, 0.15) is 29.6 Å². The maximum atomic E-state index is 15.0. The van der Waals surface area contributed by atoms with Gasteiger partial charge in [0.2, 0.25) is 13.4 Å². The van der Waals surface area contributed by atoms with E-state index >= 15 is 0 Å². The number of esters is 3. The summed E-state index contributed by atoms with van der Waals surface area (Å²) < 4.78 is 35.9. The molecule has 1 saturated carbocycles. The molecule has 20 heteroatoms. The molecular weight excluding hydrogens is 811 g/mol. The lowest BCUT2D eigenvalue weighted by molar-refractivity contribution is -0.146. The second-order valence-corrected chi connectivity index (χ2v) is 17.6. The fraction of sp³-hybridized carbons (Fsp3) is 0.610. The standard InChI is InChI=1S/C41H59N8O11P/c1-7-11-21-60-41(55)48-19-17-47(18-20-48)37(51)32(25-61(56,45-26(5)38(52)57-8-2)46-27(6)39(53)58-9-3)43-36(50)31-22-33(44-35(42-31)28-15-13-12-14-16-28)49-23-29-30(24-49)34(29)40(54)59-10-4/h12-16,22,26-27,29-30,32,34H,7-11,17-21,23-25H2,1-6H3,(H,43,50)(H2,45,46,56)/t26-,27-,29-,30+,32-,34+/m0/s1. The molecule has 2 aliphatic heterocycles. The van der Waals surface area contributed by atoms with Crippen LogP contribution in [0.4, 0.5) is 10.6 Å². The molecule has 1 aromatic carbocycles. The third kappa shape index (κ3) is 12.3. The predicted molar refractivity (Wildman–Crippen MR) is 223 cm³/mol. The molecule has 1 aromatic heterocycles. The summed E-state index contributed by atoms with van der Waals surface area (Å²) in [6.45, 7) is 12.0. The number of amides is 3. The number of nitrogens with zero attached hydrogens (tertiary/aromatic N) is 5. The van der Waals surface area contributed by atoms with Crippen LogP contribution >= 0.6 is 7.44 Å². The fourth-order valence-corrected chi connectivity index (χ4v) is 10.0. The van der Waals surface area contributed by atoms with Gasteiger partial charge < -0.3 is 39.0 Å². The Morgan fingerprint density at radius 3 is 1.92 bits per heavy atom. The van der Waals surface area contributed by atoms with Crippen LogP contribution in [-0.2, 0) is 42.7 Å². The first-order valence-electron chi connectivity index (χ1n) is 21.1. The number of unbranched alkanes of at least 4 members (excludes halogenated alkanes) is 1. The highest BCUT2D eigenvalue weighted by molar-refractivity contribution is 7.60. The number of ether oxygens (including phenoxy) is 4. The van der Waals surface area contributed by atoms with E-state index < -0.39 is 61.6 Å². The van der Waals surface area contributed by atoms with Crippen molar-refractivity contribution in [2.24, 2.45) is 17.8 Å². The van der Waals surface area contributed by atoms with Gasteiger partial charge in [0.25, 0.3) is 5.91 Å². The third-order valence-corrected chi connectivity index (χ3v) is 13.2. The molecule has 334 valence electrons. The van der Waals surface area contributed by atoms with Crippen LogP contribution in [0.2, 0.25) is 0 Å². The van der Waals surface area contributed by atoms with Gasteiger partial charge in [0, 0.05) is 50.9 Å². The lowest BCUT2D eigenvalue weighted by Gasteiger charge is -2.37. The Morgan fingerprint density at radius 2 is 1.36 bits per heavy atom. The number of benzene rings is 1. The van der Waals surface area contributed by atoms with Crippen molar-refractivity contribution in [3.8, 4) is 11.4 Å². The summed E-state index contributed by atoms with van der Waals surface area (Å²) in [7, 11) is -4.17. The Morgan fingerprint density at radius 1 is 0.787 bits per heavy atom. The Labute approximate surface area is 356 Å². The van der Waals surface area contributed by atoms with Crippen molar-refractivity contribution in [1.82, 2.24) is 35.3 Å². The zero-order valence-electron chi connectivity index (χ0n) is 35.8. The minimum absolute atomic E-state index is 0.0493. The van der Waals surface area contributed by atoms with Gasteiger partial charge in [-0.25, -0.2) is 24.9 Å². The van der Waals surface area contributed by atoms with Crippen molar-refractivity contribution >= 4 is 49.1 Å². The number of piperidine rings is 1. The average Bonchev–Trinajstić information content (AvgIpc) is 3.76. The normalized spacial score (nSPS) is 19.8. The van der Waals surface area contributed by atoms with Crippen LogP contribution in [0.3, 0.4) is 0 Å². The number of hydrogen-bond acceptors (Lipinski definition) is 14. The molecule has 0 bridgehead atoms. The third-order valence-electron chi connectivity index (χ3n) is 10.8. The smallest absolute Gasteiger partial charge is 0.409 e. The summed E-state index contributed by atoms with van der Waals surface area (Å²) in [5.41, 5.74) is 0.545. The number of fused-ring (bicyclic) bond motifs is 1. The van der Waals surface area contributed by atoms with Gasteiger partial charge in [-0.3, -0.25) is 28.5 Å². The molecule has 6 atom stereocenters. The van der Waals surface area contributed by atoms with E-state index in [0.29, 0.717) is 37.5 Å². The molecule has 5 rings (SSSR count). The zero-order chi connectivity index (χ0) is 44.3. The van der Waals surface area contributed by atoms with E-state index in [1.807, 2.05) is 30.0 Å². The number of nitrogens with one attached hydrogen (secondary N) is 3. The summed E-state index contributed by atoms with van der Waals surface area (Å²) in [5, 5.41) is 8.30. The summed E-state index contributed by atoms with van der Waals surface area (Å²) in [6, 6.07) is 6.75. The Kier molecular flexibility index (Phi) is 16.6. The molecule has 2 saturated heterocycles.